The Morgan fingerprint density at radius 2 is 2.20 bits per heavy atom. The minimum atomic E-state index is 0.0578. The van der Waals surface area contributed by atoms with Gasteiger partial charge in [-0.15, -0.1) is 11.8 Å². The van der Waals surface area contributed by atoms with Crippen LogP contribution in [0.15, 0.2) is 24.3 Å². The first-order valence-electron chi connectivity index (χ1n) is 5.28. The SMILES string of the molecule is NC1NC2=c3ccccc3=CCC2CS1. The second-order valence-corrected chi connectivity index (χ2v) is 5.21. The van der Waals surface area contributed by atoms with Gasteiger partial charge in [-0.25, -0.2) is 0 Å². The fourth-order valence-electron chi connectivity index (χ4n) is 2.29. The highest BCUT2D eigenvalue weighted by atomic mass is 32.2. The van der Waals surface area contributed by atoms with Crippen molar-refractivity contribution in [3.05, 3.63) is 34.7 Å². The Hall–Kier alpha value is -0.930. The van der Waals surface area contributed by atoms with Crippen molar-refractivity contribution in [2.45, 2.75) is 11.9 Å². The Balaban J connectivity index is 2.22. The van der Waals surface area contributed by atoms with Gasteiger partial charge < -0.3 is 11.1 Å². The number of nitrogens with one attached hydrogen (secondary N) is 1. The van der Waals surface area contributed by atoms with Crippen molar-refractivity contribution in [2.75, 3.05) is 5.75 Å². The van der Waals surface area contributed by atoms with E-state index in [1.807, 2.05) is 0 Å². The minimum Gasteiger partial charge on any atom is -0.364 e. The number of nitrogens with two attached hydrogens (primary N) is 1. The van der Waals surface area contributed by atoms with Crippen LogP contribution in [0.1, 0.15) is 6.42 Å². The molecule has 78 valence electrons. The highest BCUT2D eigenvalue weighted by Gasteiger charge is 2.24. The summed E-state index contributed by atoms with van der Waals surface area (Å²) in [5.74, 6) is 1.76. The fraction of sp³-hybridized carbons (Fsp3) is 0.333. The van der Waals surface area contributed by atoms with Crippen molar-refractivity contribution in [3.63, 3.8) is 0 Å². The van der Waals surface area contributed by atoms with Gasteiger partial charge in [-0.1, -0.05) is 30.3 Å². The van der Waals surface area contributed by atoms with Crippen LogP contribution in [0.25, 0.3) is 11.8 Å². The van der Waals surface area contributed by atoms with Gasteiger partial charge in [0, 0.05) is 22.6 Å². The second kappa shape index (κ2) is 3.58. The quantitative estimate of drug-likeness (QED) is 0.652. The zero-order valence-corrected chi connectivity index (χ0v) is 9.26. The number of benzene rings is 1. The summed E-state index contributed by atoms with van der Waals surface area (Å²) in [5.41, 5.74) is 7.32. The lowest BCUT2D eigenvalue weighted by Crippen LogP contribution is -2.47. The summed E-state index contributed by atoms with van der Waals surface area (Å²) in [6.07, 6.45) is 3.47. The maximum atomic E-state index is 5.92. The Morgan fingerprint density at radius 3 is 3.13 bits per heavy atom. The van der Waals surface area contributed by atoms with E-state index in [9.17, 15) is 0 Å². The molecule has 15 heavy (non-hydrogen) atoms. The number of rotatable bonds is 0. The van der Waals surface area contributed by atoms with Crippen LogP contribution < -0.4 is 21.5 Å². The van der Waals surface area contributed by atoms with Crippen molar-refractivity contribution < 1.29 is 0 Å². The maximum absolute atomic E-state index is 5.92. The average Bonchev–Trinajstić information content (AvgIpc) is 2.29. The third kappa shape index (κ3) is 1.56. The predicted molar refractivity (Wildman–Crippen MR) is 65.2 cm³/mol. The van der Waals surface area contributed by atoms with Gasteiger partial charge in [0.1, 0.15) is 5.50 Å². The third-order valence-electron chi connectivity index (χ3n) is 3.06. The van der Waals surface area contributed by atoms with Crippen LogP contribution in [0.5, 0.6) is 0 Å². The number of thioether (sulfide) groups is 1. The van der Waals surface area contributed by atoms with Crippen molar-refractivity contribution in [1.29, 1.82) is 0 Å². The van der Waals surface area contributed by atoms with E-state index in [-0.39, 0.29) is 5.50 Å². The van der Waals surface area contributed by atoms with E-state index in [4.69, 9.17) is 5.73 Å². The summed E-state index contributed by atoms with van der Waals surface area (Å²) in [6, 6.07) is 8.54. The van der Waals surface area contributed by atoms with Gasteiger partial charge in [-0.05, 0) is 11.6 Å². The largest absolute Gasteiger partial charge is 0.364 e. The number of hydrogen-bond donors (Lipinski definition) is 2. The first-order valence-corrected chi connectivity index (χ1v) is 6.32. The molecule has 1 aromatic carbocycles. The lowest BCUT2D eigenvalue weighted by Gasteiger charge is -2.32. The molecule has 0 spiro atoms. The highest BCUT2D eigenvalue weighted by molar-refractivity contribution is 7.99. The van der Waals surface area contributed by atoms with Crippen LogP contribution in [-0.4, -0.2) is 11.3 Å². The summed E-state index contributed by atoms with van der Waals surface area (Å²) in [6.45, 7) is 0. The molecule has 1 fully saturated rings. The van der Waals surface area contributed by atoms with Gasteiger partial charge in [0.2, 0.25) is 0 Å². The molecule has 2 aliphatic rings. The van der Waals surface area contributed by atoms with Crippen LogP contribution in [0.3, 0.4) is 0 Å². The molecule has 0 saturated carbocycles. The van der Waals surface area contributed by atoms with Gasteiger partial charge >= 0.3 is 0 Å². The Labute approximate surface area is 93.2 Å². The normalized spacial score (nSPS) is 28.5. The molecule has 1 aliphatic carbocycles. The fourth-order valence-corrected chi connectivity index (χ4v) is 3.24. The van der Waals surface area contributed by atoms with E-state index in [0.717, 1.165) is 12.2 Å². The van der Waals surface area contributed by atoms with Gasteiger partial charge in [0.05, 0.1) is 0 Å². The summed E-state index contributed by atoms with van der Waals surface area (Å²) >= 11 is 1.80. The molecule has 1 aliphatic heterocycles. The lowest BCUT2D eigenvalue weighted by molar-refractivity contribution is 0.664. The van der Waals surface area contributed by atoms with E-state index in [1.54, 1.807) is 11.8 Å². The van der Waals surface area contributed by atoms with Gasteiger partial charge in [-0.3, -0.25) is 0 Å². The monoisotopic (exact) mass is 218 g/mol. The third-order valence-corrected chi connectivity index (χ3v) is 4.13. The molecule has 3 rings (SSSR count). The van der Waals surface area contributed by atoms with Crippen molar-refractivity contribution in [2.24, 2.45) is 11.7 Å². The van der Waals surface area contributed by atoms with Gasteiger partial charge in [0.25, 0.3) is 0 Å². The van der Waals surface area contributed by atoms with Crippen LogP contribution in [-0.2, 0) is 0 Å². The Kier molecular flexibility index (Phi) is 2.22. The molecule has 1 aromatic rings. The molecule has 1 saturated heterocycles. The van der Waals surface area contributed by atoms with Crippen LogP contribution in [0.4, 0.5) is 0 Å². The number of fused-ring (bicyclic) bond motifs is 2. The zero-order valence-electron chi connectivity index (χ0n) is 8.44. The van der Waals surface area contributed by atoms with Crippen molar-refractivity contribution in [1.82, 2.24) is 5.32 Å². The molecule has 1 heterocycles. The lowest BCUT2D eigenvalue weighted by atomic mass is 9.95. The first-order chi connectivity index (χ1) is 7.34. The summed E-state index contributed by atoms with van der Waals surface area (Å²) in [5, 5.41) is 6.09. The zero-order chi connectivity index (χ0) is 10.3. The van der Waals surface area contributed by atoms with E-state index < -0.39 is 0 Å². The molecular formula is C12H14N2S. The second-order valence-electron chi connectivity index (χ2n) is 4.04. The Morgan fingerprint density at radius 1 is 1.33 bits per heavy atom. The van der Waals surface area contributed by atoms with Crippen LogP contribution >= 0.6 is 11.8 Å². The molecule has 0 amide bonds. The maximum Gasteiger partial charge on any atom is 0.123 e. The minimum absolute atomic E-state index is 0.0578. The van der Waals surface area contributed by atoms with Crippen LogP contribution in [0.2, 0.25) is 0 Å². The predicted octanol–water partition coefficient (Wildman–Crippen LogP) is 0.174. The van der Waals surface area contributed by atoms with Crippen molar-refractivity contribution in [3.8, 4) is 0 Å². The van der Waals surface area contributed by atoms with E-state index >= 15 is 0 Å². The molecule has 0 aromatic heterocycles. The molecule has 2 nitrogen and oxygen atoms in total. The molecule has 0 radical (unpaired) electrons. The van der Waals surface area contributed by atoms with Crippen molar-refractivity contribution >= 4 is 23.5 Å². The molecule has 2 unspecified atom stereocenters. The van der Waals surface area contributed by atoms with Crippen LogP contribution in [0, 0.1) is 5.92 Å². The number of hydrogen-bond acceptors (Lipinski definition) is 3. The summed E-state index contributed by atoms with van der Waals surface area (Å²) < 4.78 is 0. The topological polar surface area (TPSA) is 38.0 Å². The van der Waals surface area contributed by atoms with E-state index in [0.29, 0.717) is 5.92 Å². The first kappa shape index (κ1) is 9.31. The highest BCUT2D eigenvalue weighted by Crippen LogP contribution is 2.27. The van der Waals surface area contributed by atoms with Gasteiger partial charge in [0.15, 0.2) is 0 Å². The summed E-state index contributed by atoms with van der Waals surface area (Å²) in [4.78, 5) is 0. The molecular weight excluding hydrogens is 204 g/mol. The smallest absolute Gasteiger partial charge is 0.123 e. The Bertz CT molecular complexity index is 495. The van der Waals surface area contributed by atoms with E-state index in [2.05, 4.69) is 35.7 Å². The standard InChI is InChI=1S/C12H14N2S/c13-12-14-11-9(7-15-12)6-5-8-3-1-2-4-10(8)11/h1-5,9,12,14H,6-7,13H2. The summed E-state index contributed by atoms with van der Waals surface area (Å²) in [7, 11) is 0. The molecule has 2 atom stereocenters. The molecule has 3 heteroatoms. The van der Waals surface area contributed by atoms with E-state index in [1.165, 1.54) is 16.1 Å². The van der Waals surface area contributed by atoms with Gasteiger partial charge in [-0.2, -0.15) is 0 Å². The molecule has 0 bridgehead atoms. The molecule has 3 N–H and O–H groups in total. The average molecular weight is 218 g/mol.